The lowest BCUT2D eigenvalue weighted by Gasteiger charge is -2.24. The molecule has 0 bridgehead atoms. The van der Waals surface area contributed by atoms with Gasteiger partial charge in [-0.1, -0.05) is 24.3 Å². The van der Waals surface area contributed by atoms with E-state index in [4.69, 9.17) is 4.42 Å². The molecule has 20 heavy (non-hydrogen) atoms. The van der Waals surface area contributed by atoms with Crippen LogP contribution in [-0.4, -0.2) is 15.2 Å². The van der Waals surface area contributed by atoms with E-state index in [1.165, 1.54) is 11.3 Å². The zero-order valence-corrected chi connectivity index (χ0v) is 11.2. The zero-order chi connectivity index (χ0) is 13.7. The van der Waals surface area contributed by atoms with E-state index in [-0.39, 0.29) is 0 Å². The van der Waals surface area contributed by atoms with E-state index in [1.807, 2.05) is 30.3 Å². The summed E-state index contributed by atoms with van der Waals surface area (Å²) in [5, 5.41) is 21.7. The maximum atomic E-state index is 10.5. The molecule has 5 heteroatoms. The van der Waals surface area contributed by atoms with Crippen molar-refractivity contribution in [2.24, 2.45) is 0 Å². The molecule has 2 atom stereocenters. The highest BCUT2D eigenvalue weighted by atomic mass is 32.1. The molecular weight excluding hydrogens is 274 g/mol. The minimum Gasteiger partial charge on any atom is -0.472 e. The second-order valence-electron chi connectivity index (χ2n) is 4.71. The van der Waals surface area contributed by atoms with E-state index in [9.17, 15) is 10.2 Å². The Hall–Kier alpha value is -1.95. The van der Waals surface area contributed by atoms with Gasteiger partial charge in [0.15, 0.2) is 0 Å². The van der Waals surface area contributed by atoms with Crippen LogP contribution in [0, 0.1) is 0 Å². The van der Waals surface area contributed by atoms with Crippen molar-refractivity contribution in [1.29, 1.82) is 0 Å². The van der Waals surface area contributed by atoms with Gasteiger partial charge in [-0.15, -0.1) is 11.3 Å². The van der Waals surface area contributed by atoms with Crippen molar-refractivity contribution >= 4 is 11.3 Å². The molecule has 0 amide bonds. The third-order valence-corrected chi connectivity index (χ3v) is 4.71. The molecule has 1 aliphatic rings. The first kappa shape index (κ1) is 11.8. The highest BCUT2D eigenvalue weighted by molar-refractivity contribution is 7.15. The Kier molecular flexibility index (Phi) is 2.53. The average molecular weight is 285 g/mol. The van der Waals surface area contributed by atoms with Crippen LogP contribution in [0.1, 0.15) is 33.9 Å². The topological polar surface area (TPSA) is 66.5 Å². The SMILES string of the molecule is OC1c2ccccc2C(O)c2sc(-c3ccoc3)nc21. The Morgan fingerprint density at radius 3 is 2.50 bits per heavy atom. The largest absolute Gasteiger partial charge is 0.472 e. The molecule has 1 aliphatic carbocycles. The molecule has 0 fully saturated rings. The highest BCUT2D eigenvalue weighted by Gasteiger charge is 2.33. The number of rotatable bonds is 1. The Labute approximate surface area is 119 Å². The van der Waals surface area contributed by atoms with Gasteiger partial charge in [0.2, 0.25) is 0 Å². The first-order valence-corrected chi connectivity index (χ1v) is 7.05. The Balaban J connectivity index is 1.89. The standard InChI is InChI=1S/C15H11NO3S/c17-12-9-3-1-2-4-10(9)13(18)14-11(12)16-15(20-14)8-5-6-19-7-8/h1-7,12-13,17-18H. The summed E-state index contributed by atoms with van der Waals surface area (Å²) in [6.45, 7) is 0. The fourth-order valence-electron chi connectivity index (χ4n) is 2.54. The maximum Gasteiger partial charge on any atom is 0.127 e. The first-order chi connectivity index (χ1) is 9.75. The van der Waals surface area contributed by atoms with Crippen molar-refractivity contribution in [2.75, 3.05) is 0 Å². The predicted molar refractivity (Wildman–Crippen MR) is 74.4 cm³/mol. The van der Waals surface area contributed by atoms with Crippen LogP contribution in [0.15, 0.2) is 47.3 Å². The number of nitrogens with zero attached hydrogens (tertiary/aromatic N) is 1. The number of aliphatic hydroxyl groups is 2. The Morgan fingerprint density at radius 2 is 1.80 bits per heavy atom. The minimum absolute atomic E-state index is 0.539. The number of aromatic nitrogens is 1. The van der Waals surface area contributed by atoms with Crippen molar-refractivity contribution in [1.82, 2.24) is 4.98 Å². The first-order valence-electron chi connectivity index (χ1n) is 6.24. The van der Waals surface area contributed by atoms with Crippen molar-refractivity contribution in [3.63, 3.8) is 0 Å². The number of thiazole rings is 1. The fraction of sp³-hybridized carbons (Fsp3) is 0.133. The van der Waals surface area contributed by atoms with Crippen molar-refractivity contribution in [3.05, 3.63) is 64.6 Å². The molecule has 2 N–H and O–H groups in total. The number of hydrogen-bond acceptors (Lipinski definition) is 5. The van der Waals surface area contributed by atoms with Gasteiger partial charge in [0.25, 0.3) is 0 Å². The van der Waals surface area contributed by atoms with Crippen molar-refractivity contribution in [3.8, 4) is 10.6 Å². The Bertz CT molecular complexity index is 717. The van der Waals surface area contributed by atoms with Crippen LogP contribution >= 0.6 is 11.3 Å². The third kappa shape index (κ3) is 1.57. The van der Waals surface area contributed by atoms with Crippen molar-refractivity contribution in [2.45, 2.75) is 12.2 Å². The highest BCUT2D eigenvalue weighted by Crippen LogP contribution is 2.45. The molecular formula is C15H11NO3S. The molecule has 4 nitrogen and oxygen atoms in total. The lowest BCUT2D eigenvalue weighted by Crippen LogP contribution is -2.16. The van der Waals surface area contributed by atoms with Gasteiger partial charge in [0.05, 0.1) is 16.8 Å². The van der Waals surface area contributed by atoms with Crippen LogP contribution in [0.4, 0.5) is 0 Å². The summed E-state index contributed by atoms with van der Waals surface area (Å²) in [6, 6.07) is 9.18. The third-order valence-electron chi connectivity index (χ3n) is 3.54. The number of aliphatic hydroxyl groups excluding tert-OH is 2. The molecule has 3 aromatic rings. The second-order valence-corrected chi connectivity index (χ2v) is 5.75. The second kappa shape index (κ2) is 4.28. The summed E-state index contributed by atoms with van der Waals surface area (Å²) in [6.07, 6.45) is 1.66. The van der Waals surface area contributed by atoms with Crippen LogP contribution in [0.2, 0.25) is 0 Å². The molecule has 1 aromatic carbocycles. The van der Waals surface area contributed by atoms with Gasteiger partial charge in [-0.3, -0.25) is 0 Å². The van der Waals surface area contributed by atoms with Crippen LogP contribution < -0.4 is 0 Å². The molecule has 0 radical (unpaired) electrons. The van der Waals surface area contributed by atoms with Gasteiger partial charge in [-0.25, -0.2) is 4.98 Å². The molecule has 0 saturated carbocycles. The molecule has 2 heterocycles. The number of benzene rings is 1. The van der Waals surface area contributed by atoms with E-state index < -0.39 is 12.2 Å². The molecule has 2 aromatic heterocycles. The van der Waals surface area contributed by atoms with Crippen LogP contribution in [0.25, 0.3) is 10.6 Å². The average Bonchev–Trinajstić information content (AvgIpc) is 3.13. The number of furan rings is 1. The smallest absolute Gasteiger partial charge is 0.127 e. The zero-order valence-electron chi connectivity index (χ0n) is 10.4. The van der Waals surface area contributed by atoms with Crippen LogP contribution in [-0.2, 0) is 0 Å². The molecule has 0 aliphatic heterocycles. The van der Waals surface area contributed by atoms with Gasteiger partial charge < -0.3 is 14.6 Å². The van der Waals surface area contributed by atoms with E-state index in [1.54, 1.807) is 12.5 Å². The van der Waals surface area contributed by atoms with Crippen LogP contribution in [0.5, 0.6) is 0 Å². The molecule has 2 unspecified atom stereocenters. The minimum atomic E-state index is -0.790. The van der Waals surface area contributed by atoms with Gasteiger partial charge >= 0.3 is 0 Å². The number of hydrogen-bond donors (Lipinski definition) is 2. The summed E-state index contributed by atoms with van der Waals surface area (Å²) in [7, 11) is 0. The monoisotopic (exact) mass is 285 g/mol. The summed E-state index contributed by atoms with van der Waals surface area (Å²) in [5.74, 6) is 0. The van der Waals surface area contributed by atoms with Gasteiger partial charge in [-0.2, -0.15) is 0 Å². The molecule has 4 rings (SSSR count). The maximum absolute atomic E-state index is 10.5. The summed E-state index contributed by atoms with van der Waals surface area (Å²) in [5.41, 5.74) is 2.86. The normalized spacial score (nSPS) is 20.5. The lowest BCUT2D eigenvalue weighted by atomic mass is 9.89. The van der Waals surface area contributed by atoms with E-state index >= 15 is 0 Å². The van der Waals surface area contributed by atoms with E-state index in [0.717, 1.165) is 21.7 Å². The van der Waals surface area contributed by atoms with E-state index in [2.05, 4.69) is 4.98 Å². The molecule has 0 spiro atoms. The van der Waals surface area contributed by atoms with Gasteiger partial charge in [-0.05, 0) is 17.2 Å². The number of fused-ring (bicyclic) bond motifs is 2. The molecule has 0 saturated heterocycles. The Morgan fingerprint density at radius 1 is 1.05 bits per heavy atom. The predicted octanol–water partition coefficient (Wildman–Crippen LogP) is 2.88. The van der Waals surface area contributed by atoms with Crippen molar-refractivity contribution < 1.29 is 14.6 Å². The fourth-order valence-corrected chi connectivity index (χ4v) is 3.63. The summed E-state index contributed by atoms with van der Waals surface area (Å²) in [4.78, 5) is 5.17. The quantitative estimate of drug-likeness (QED) is 0.721. The summed E-state index contributed by atoms with van der Waals surface area (Å²) < 4.78 is 5.06. The summed E-state index contributed by atoms with van der Waals surface area (Å²) >= 11 is 1.39. The van der Waals surface area contributed by atoms with Crippen LogP contribution in [0.3, 0.4) is 0 Å². The lowest BCUT2D eigenvalue weighted by molar-refractivity contribution is 0.173. The van der Waals surface area contributed by atoms with Gasteiger partial charge in [0.1, 0.15) is 23.5 Å². The molecule has 100 valence electrons. The van der Waals surface area contributed by atoms with E-state index in [0.29, 0.717) is 10.6 Å². The van der Waals surface area contributed by atoms with Gasteiger partial charge in [0, 0.05) is 5.56 Å².